The molecule has 0 spiro atoms. The predicted octanol–water partition coefficient (Wildman–Crippen LogP) is 2.78. The smallest absolute Gasteiger partial charge is 0.309 e. The molecule has 2 unspecified atom stereocenters. The number of nitro benzene ring substituents is 1. The standard InChI is InChI=1S/C14H14FNO4/c15-12-8(2-1-3-11(12)16(19)20)5-14(13(17)18)6-9-4-10(9)7-14/h1-3,9-10H,4-7H2,(H,17,18). The first kappa shape index (κ1) is 13.0. The first-order chi connectivity index (χ1) is 9.43. The van der Waals surface area contributed by atoms with Gasteiger partial charge in [0, 0.05) is 6.07 Å². The number of nitrogens with zero attached hydrogens (tertiary/aromatic N) is 1. The number of benzene rings is 1. The number of carboxylic acid groups (broad SMARTS) is 1. The lowest BCUT2D eigenvalue weighted by molar-refractivity contribution is -0.387. The van der Waals surface area contributed by atoms with Crippen LogP contribution in [0, 0.1) is 33.2 Å². The maximum absolute atomic E-state index is 14.1. The Morgan fingerprint density at radius 3 is 2.65 bits per heavy atom. The van der Waals surface area contributed by atoms with E-state index < -0.39 is 27.8 Å². The minimum atomic E-state index is -0.955. The van der Waals surface area contributed by atoms with E-state index in [1.807, 2.05) is 0 Å². The van der Waals surface area contributed by atoms with E-state index in [9.17, 15) is 24.4 Å². The molecule has 0 aromatic heterocycles. The fourth-order valence-corrected chi connectivity index (χ4v) is 3.50. The highest BCUT2D eigenvalue weighted by Crippen LogP contribution is 2.61. The third-order valence-electron chi connectivity index (χ3n) is 4.61. The molecule has 2 fully saturated rings. The van der Waals surface area contributed by atoms with Crippen molar-refractivity contribution in [3.05, 3.63) is 39.7 Å². The Hall–Kier alpha value is -1.98. The Labute approximate surface area is 114 Å². The number of fused-ring (bicyclic) bond motifs is 1. The number of carboxylic acids is 1. The molecule has 6 heteroatoms. The van der Waals surface area contributed by atoms with Crippen LogP contribution >= 0.6 is 0 Å². The van der Waals surface area contributed by atoms with Crippen LogP contribution in [0.1, 0.15) is 24.8 Å². The fraction of sp³-hybridized carbons (Fsp3) is 0.500. The Bertz CT molecular complexity index is 591. The average Bonchev–Trinajstić information content (AvgIpc) is 2.99. The monoisotopic (exact) mass is 279 g/mol. The highest BCUT2D eigenvalue weighted by Gasteiger charge is 2.57. The van der Waals surface area contributed by atoms with Crippen LogP contribution in [0.5, 0.6) is 0 Å². The van der Waals surface area contributed by atoms with Gasteiger partial charge in [0.2, 0.25) is 5.82 Å². The van der Waals surface area contributed by atoms with Crippen molar-refractivity contribution < 1.29 is 19.2 Å². The zero-order chi connectivity index (χ0) is 14.5. The van der Waals surface area contributed by atoms with Crippen LogP contribution in [0.2, 0.25) is 0 Å². The molecule has 1 aromatic carbocycles. The molecule has 0 aliphatic heterocycles. The van der Waals surface area contributed by atoms with E-state index in [4.69, 9.17) is 0 Å². The summed E-state index contributed by atoms with van der Waals surface area (Å²) in [5.74, 6) is -0.949. The van der Waals surface area contributed by atoms with Crippen LogP contribution in [0.3, 0.4) is 0 Å². The van der Waals surface area contributed by atoms with Gasteiger partial charge >= 0.3 is 11.7 Å². The quantitative estimate of drug-likeness (QED) is 0.678. The van der Waals surface area contributed by atoms with Gasteiger partial charge in [0.25, 0.3) is 0 Å². The lowest BCUT2D eigenvalue weighted by Gasteiger charge is -2.26. The molecule has 106 valence electrons. The predicted molar refractivity (Wildman–Crippen MR) is 67.7 cm³/mol. The average molecular weight is 279 g/mol. The Morgan fingerprint density at radius 1 is 1.45 bits per heavy atom. The summed E-state index contributed by atoms with van der Waals surface area (Å²) in [6, 6.07) is 3.94. The molecule has 20 heavy (non-hydrogen) atoms. The van der Waals surface area contributed by atoms with Gasteiger partial charge in [0.15, 0.2) is 0 Å². The van der Waals surface area contributed by atoms with E-state index >= 15 is 0 Å². The lowest BCUT2D eigenvalue weighted by atomic mass is 9.77. The van der Waals surface area contributed by atoms with Gasteiger partial charge in [-0.15, -0.1) is 0 Å². The van der Waals surface area contributed by atoms with E-state index in [1.54, 1.807) is 0 Å². The summed E-state index contributed by atoms with van der Waals surface area (Å²) >= 11 is 0. The van der Waals surface area contributed by atoms with Gasteiger partial charge in [-0.1, -0.05) is 12.1 Å². The van der Waals surface area contributed by atoms with Gasteiger partial charge in [0.05, 0.1) is 10.3 Å². The number of nitro groups is 1. The minimum Gasteiger partial charge on any atom is -0.481 e. The van der Waals surface area contributed by atoms with Crippen molar-refractivity contribution in [3.8, 4) is 0 Å². The zero-order valence-corrected chi connectivity index (χ0v) is 10.7. The first-order valence-electron chi connectivity index (χ1n) is 6.58. The third kappa shape index (κ3) is 1.95. The summed E-state index contributed by atoms with van der Waals surface area (Å²) in [6.07, 6.45) is 2.19. The maximum atomic E-state index is 14.1. The summed E-state index contributed by atoms with van der Waals surface area (Å²) in [6.45, 7) is 0. The molecule has 0 amide bonds. The Kier molecular flexibility index (Phi) is 2.77. The molecule has 0 saturated heterocycles. The van der Waals surface area contributed by atoms with Crippen molar-refractivity contribution in [3.63, 3.8) is 0 Å². The molecular weight excluding hydrogens is 265 g/mol. The second-order valence-corrected chi connectivity index (χ2v) is 5.93. The van der Waals surface area contributed by atoms with Crippen molar-refractivity contribution >= 4 is 11.7 Å². The summed E-state index contributed by atoms with van der Waals surface area (Å²) in [4.78, 5) is 21.5. The van der Waals surface area contributed by atoms with E-state index in [-0.39, 0.29) is 12.0 Å². The van der Waals surface area contributed by atoms with Crippen molar-refractivity contribution in [2.24, 2.45) is 17.3 Å². The Morgan fingerprint density at radius 2 is 2.10 bits per heavy atom. The summed E-state index contributed by atoms with van der Waals surface area (Å²) in [5.41, 5.74) is -1.42. The molecule has 3 rings (SSSR count). The van der Waals surface area contributed by atoms with Crippen molar-refractivity contribution in [1.29, 1.82) is 0 Å². The van der Waals surface area contributed by atoms with Gasteiger partial charge in [-0.05, 0) is 43.1 Å². The molecule has 2 saturated carbocycles. The fourth-order valence-electron chi connectivity index (χ4n) is 3.50. The zero-order valence-electron chi connectivity index (χ0n) is 10.7. The number of halogens is 1. The van der Waals surface area contributed by atoms with Gasteiger partial charge in [-0.2, -0.15) is 4.39 Å². The summed E-state index contributed by atoms with van der Waals surface area (Å²) in [7, 11) is 0. The molecule has 5 nitrogen and oxygen atoms in total. The number of rotatable bonds is 4. The number of hydrogen-bond donors (Lipinski definition) is 1. The highest BCUT2D eigenvalue weighted by molar-refractivity contribution is 5.76. The van der Waals surface area contributed by atoms with E-state index in [0.717, 1.165) is 12.5 Å². The van der Waals surface area contributed by atoms with Gasteiger partial charge < -0.3 is 5.11 Å². The highest BCUT2D eigenvalue weighted by atomic mass is 19.1. The normalized spacial score (nSPS) is 30.9. The molecule has 0 heterocycles. The molecule has 2 atom stereocenters. The van der Waals surface area contributed by atoms with Crippen LogP contribution in [0.15, 0.2) is 18.2 Å². The molecule has 2 aliphatic carbocycles. The SMILES string of the molecule is O=C(O)C1(Cc2cccc([N+](=O)[O-])c2F)CC2CC2C1. The van der Waals surface area contributed by atoms with Crippen LogP contribution in [-0.2, 0) is 11.2 Å². The number of aliphatic carboxylic acids is 1. The number of hydrogen-bond acceptors (Lipinski definition) is 3. The Balaban J connectivity index is 1.92. The molecule has 1 aromatic rings. The summed E-state index contributed by atoms with van der Waals surface area (Å²) < 4.78 is 14.1. The van der Waals surface area contributed by atoms with Gasteiger partial charge in [0.1, 0.15) is 0 Å². The molecule has 1 N–H and O–H groups in total. The minimum absolute atomic E-state index is 0.0306. The van der Waals surface area contributed by atoms with Crippen molar-refractivity contribution in [2.45, 2.75) is 25.7 Å². The van der Waals surface area contributed by atoms with Crippen LogP contribution in [0.25, 0.3) is 0 Å². The molecule has 0 bridgehead atoms. The van der Waals surface area contributed by atoms with Crippen molar-refractivity contribution in [1.82, 2.24) is 0 Å². The lowest BCUT2D eigenvalue weighted by Crippen LogP contribution is -2.32. The first-order valence-corrected chi connectivity index (χ1v) is 6.58. The topological polar surface area (TPSA) is 80.4 Å². The third-order valence-corrected chi connectivity index (χ3v) is 4.61. The number of carbonyl (C=O) groups is 1. The molecular formula is C14H14FNO4. The molecule has 2 aliphatic rings. The molecule has 0 radical (unpaired) electrons. The van der Waals surface area contributed by atoms with Crippen LogP contribution in [0.4, 0.5) is 10.1 Å². The second kappa shape index (κ2) is 4.26. The van der Waals surface area contributed by atoms with E-state index in [0.29, 0.717) is 24.7 Å². The summed E-state index contributed by atoms with van der Waals surface area (Å²) in [5, 5.41) is 20.2. The van der Waals surface area contributed by atoms with E-state index in [2.05, 4.69) is 0 Å². The van der Waals surface area contributed by atoms with Crippen LogP contribution < -0.4 is 0 Å². The second-order valence-electron chi connectivity index (χ2n) is 5.93. The maximum Gasteiger partial charge on any atom is 0.309 e. The largest absolute Gasteiger partial charge is 0.481 e. The van der Waals surface area contributed by atoms with Gasteiger partial charge in [-0.3, -0.25) is 14.9 Å². The van der Waals surface area contributed by atoms with Crippen molar-refractivity contribution in [2.75, 3.05) is 0 Å². The van der Waals surface area contributed by atoms with Crippen LogP contribution in [-0.4, -0.2) is 16.0 Å². The van der Waals surface area contributed by atoms with E-state index in [1.165, 1.54) is 12.1 Å². The van der Waals surface area contributed by atoms with Gasteiger partial charge in [-0.25, -0.2) is 0 Å².